The maximum absolute atomic E-state index is 12.2. The molecule has 2 aliphatic rings. The molecule has 1 aromatic rings. The van der Waals surface area contributed by atoms with E-state index in [0.717, 1.165) is 11.0 Å². The van der Waals surface area contributed by atoms with E-state index in [-0.39, 0.29) is 5.82 Å². The summed E-state index contributed by atoms with van der Waals surface area (Å²) in [7, 11) is 0. The number of carboxylic acid groups (broad SMARTS) is 1. The average molecular weight is 288 g/mol. The van der Waals surface area contributed by atoms with Crippen molar-refractivity contribution in [3.05, 3.63) is 30.0 Å². The number of morpholine rings is 1. The zero-order chi connectivity index (χ0) is 15.0. The second kappa shape index (κ2) is 5.10. The maximum atomic E-state index is 12.2. The fourth-order valence-corrected chi connectivity index (χ4v) is 2.44. The smallest absolute Gasteiger partial charge is 0.328 e. The summed E-state index contributed by atoms with van der Waals surface area (Å²) in [6.45, 7) is 0. The van der Waals surface area contributed by atoms with Crippen molar-refractivity contribution in [1.29, 1.82) is 0 Å². The van der Waals surface area contributed by atoms with E-state index in [1.54, 1.807) is 18.2 Å². The van der Waals surface area contributed by atoms with Gasteiger partial charge in [-0.05, 0) is 31.1 Å². The van der Waals surface area contributed by atoms with Crippen molar-refractivity contribution >= 4 is 29.7 Å². The van der Waals surface area contributed by atoms with Crippen LogP contribution in [-0.2, 0) is 19.1 Å². The number of anilines is 1. The lowest BCUT2D eigenvalue weighted by molar-refractivity contribution is -0.147. The largest absolute Gasteiger partial charge is 0.478 e. The Hall–Kier alpha value is -2.54. The summed E-state index contributed by atoms with van der Waals surface area (Å²) in [4.78, 5) is 40.1. The molecule has 0 radical (unpaired) electrons. The molecule has 7 nitrogen and oxygen atoms in total. The number of fused-ring (bicyclic) bond motifs is 2. The molecule has 2 unspecified atom stereocenters. The molecular weight excluding hydrogens is 276 g/mol. The summed E-state index contributed by atoms with van der Waals surface area (Å²) < 4.78 is 5.32. The van der Waals surface area contributed by atoms with E-state index >= 15 is 0 Å². The molecule has 3 heterocycles. The zero-order valence-corrected chi connectivity index (χ0v) is 10.9. The van der Waals surface area contributed by atoms with Gasteiger partial charge in [0.2, 0.25) is 0 Å². The predicted molar refractivity (Wildman–Crippen MR) is 71.3 cm³/mol. The molecule has 2 fully saturated rings. The Morgan fingerprint density at radius 3 is 2.57 bits per heavy atom. The van der Waals surface area contributed by atoms with Crippen LogP contribution in [0.4, 0.5) is 5.82 Å². The molecule has 0 spiro atoms. The monoisotopic (exact) mass is 288 g/mol. The van der Waals surface area contributed by atoms with Crippen LogP contribution in [0.1, 0.15) is 18.5 Å². The highest BCUT2D eigenvalue weighted by Crippen LogP contribution is 2.30. The lowest BCUT2D eigenvalue weighted by Crippen LogP contribution is -2.52. The first-order chi connectivity index (χ1) is 10.1. The molecule has 2 atom stereocenters. The Kier molecular flexibility index (Phi) is 3.26. The van der Waals surface area contributed by atoms with Crippen LogP contribution in [0.15, 0.2) is 24.3 Å². The summed E-state index contributed by atoms with van der Waals surface area (Å²) in [5.41, 5.74) is 0.356. The molecule has 0 saturated carbocycles. The van der Waals surface area contributed by atoms with Crippen molar-refractivity contribution in [2.24, 2.45) is 0 Å². The van der Waals surface area contributed by atoms with Gasteiger partial charge in [0, 0.05) is 6.08 Å². The topological polar surface area (TPSA) is 96.8 Å². The molecule has 2 saturated heterocycles. The van der Waals surface area contributed by atoms with E-state index in [0.29, 0.717) is 18.5 Å². The van der Waals surface area contributed by atoms with E-state index in [9.17, 15) is 14.4 Å². The van der Waals surface area contributed by atoms with Crippen LogP contribution in [0, 0.1) is 0 Å². The van der Waals surface area contributed by atoms with Gasteiger partial charge in [-0.15, -0.1) is 0 Å². The summed E-state index contributed by atoms with van der Waals surface area (Å²) in [6, 6.07) is 4.74. The van der Waals surface area contributed by atoms with E-state index in [1.807, 2.05) is 0 Å². The quantitative estimate of drug-likeness (QED) is 0.646. The molecule has 21 heavy (non-hydrogen) atoms. The average Bonchev–Trinajstić information content (AvgIpc) is 2.91. The van der Waals surface area contributed by atoms with Gasteiger partial charge in [-0.1, -0.05) is 6.07 Å². The third-order valence-electron chi connectivity index (χ3n) is 3.39. The van der Waals surface area contributed by atoms with Gasteiger partial charge < -0.3 is 9.84 Å². The van der Waals surface area contributed by atoms with E-state index in [4.69, 9.17) is 9.84 Å². The SMILES string of the molecule is O=C(O)/C=C/c1cccc(N2C(=O)C3CCC(O3)C2=O)n1. The molecule has 1 aromatic heterocycles. The van der Waals surface area contributed by atoms with Crippen molar-refractivity contribution in [2.75, 3.05) is 4.90 Å². The normalized spacial score (nSPS) is 24.9. The molecular formula is C14H12N2O5. The standard InChI is InChI=1S/C14H12N2O5/c17-12(18)7-4-8-2-1-3-11(15-8)16-13(19)9-5-6-10(21-9)14(16)20/h1-4,7,9-10H,5-6H2,(H,17,18)/b7-4+. The molecule has 2 amide bonds. The van der Waals surface area contributed by atoms with Crippen molar-refractivity contribution in [1.82, 2.24) is 4.98 Å². The number of nitrogens with zero attached hydrogens (tertiary/aromatic N) is 2. The van der Waals surface area contributed by atoms with Crippen LogP contribution in [0.3, 0.4) is 0 Å². The van der Waals surface area contributed by atoms with Gasteiger partial charge in [0.1, 0.15) is 18.0 Å². The predicted octanol–water partition coefficient (Wildman–Crippen LogP) is 0.600. The molecule has 0 aliphatic carbocycles. The minimum Gasteiger partial charge on any atom is -0.478 e. The van der Waals surface area contributed by atoms with E-state index in [1.165, 1.54) is 6.08 Å². The number of aliphatic carboxylic acids is 1. The van der Waals surface area contributed by atoms with Crippen molar-refractivity contribution in [3.63, 3.8) is 0 Å². The molecule has 3 rings (SSSR count). The molecule has 7 heteroatoms. The highest BCUT2D eigenvalue weighted by molar-refractivity contribution is 6.19. The van der Waals surface area contributed by atoms with Crippen molar-refractivity contribution in [3.8, 4) is 0 Å². The van der Waals surface area contributed by atoms with Gasteiger partial charge in [0.25, 0.3) is 11.8 Å². The van der Waals surface area contributed by atoms with E-state index in [2.05, 4.69) is 4.98 Å². The summed E-state index contributed by atoms with van der Waals surface area (Å²) in [5.74, 6) is -1.74. The Bertz CT molecular complexity index is 633. The van der Waals surface area contributed by atoms with Gasteiger partial charge in [-0.25, -0.2) is 14.7 Å². The first-order valence-corrected chi connectivity index (χ1v) is 6.47. The van der Waals surface area contributed by atoms with Crippen LogP contribution in [0.25, 0.3) is 6.08 Å². The minimum absolute atomic E-state index is 0.192. The number of pyridine rings is 1. The second-order valence-electron chi connectivity index (χ2n) is 4.79. The summed E-state index contributed by atoms with van der Waals surface area (Å²) >= 11 is 0. The third kappa shape index (κ3) is 2.43. The fraction of sp³-hybridized carbons (Fsp3) is 0.286. The number of rotatable bonds is 3. The number of ether oxygens (including phenoxy) is 1. The number of hydrogen-bond donors (Lipinski definition) is 1. The van der Waals surface area contributed by atoms with Crippen LogP contribution in [-0.4, -0.2) is 40.1 Å². The zero-order valence-electron chi connectivity index (χ0n) is 10.9. The number of carbonyl (C=O) groups excluding carboxylic acids is 2. The van der Waals surface area contributed by atoms with Gasteiger partial charge in [0.15, 0.2) is 0 Å². The number of carbonyl (C=O) groups is 3. The van der Waals surface area contributed by atoms with Gasteiger partial charge in [-0.2, -0.15) is 0 Å². The Morgan fingerprint density at radius 1 is 1.29 bits per heavy atom. The lowest BCUT2D eigenvalue weighted by Gasteiger charge is -2.29. The van der Waals surface area contributed by atoms with Gasteiger partial charge >= 0.3 is 5.97 Å². The molecule has 0 aromatic carbocycles. The van der Waals surface area contributed by atoms with Crippen LogP contribution < -0.4 is 4.90 Å². The number of imide groups is 1. The van der Waals surface area contributed by atoms with Crippen molar-refractivity contribution < 1.29 is 24.2 Å². The summed E-state index contributed by atoms with van der Waals surface area (Å²) in [6.07, 6.45) is 2.13. The van der Waals surface area contributed by atoms with Crippen LogP contribution in [0.2, 0.25) is 0 Å². The summed E-state index contributed by atoms with van der Waals surface area (Å²) in [5, 5.41) is 8.60. The maximum Gasteiger partial charge on any atom is 0.328 e. The van der Waals surface area contributed by atoms with Gasteiger partial charge in [-0.3, -0.25) is 9.59 Å². The molecule has 108 valence electrons. The second-order valence-corrected chi connectivity index (χ2v) is 4.79. The number of carboxylic acids is 1. The first kappa shape index (κ1) is 13.4. The van der Waals surface area contributed by atoms with E-state index < -0.39 is 30.0 Å². The van der Waals surface area contributed by atoms with Gasteiger partial charge in [0.05, 0.1) is 5.69 Å². The van der Waals surface area contributed by atoms with Crippen LogP contribution in [0.5, 0.6) is 0 Å². The highest BCUT2D eigenvalue weighted by Gasteiger charge is 2.47. The van der Waals surface area contributed by atoms with Crippen molar-refractivity contribution in [2.45, 2.75) is 25.0 Å². The fourth-order valence-electron chi connectivity index (χ4n) is 2.44. The number of aromatic nitrogens is 1. The first-order valence-electron chi connectivity index (χ1n) is 6.47. The highest BCUT2D eigenvalue weighted by atomic mass is 16.5. The minimum atomic E-state index is -1.10. The molecule has 2 bridgehead atoms. The number of hydrogen-bond acceptors (Lipinski definition) is 5. The van der Waals surface area contributed by atoms with Crippen LogP contribution >= 0.6 is 0 Å². The lowest BCUT2D eigenvalue weighted by atomic mass is 10.2. The Labute approximate surface area is 119 Å². The molecule has 2 aliphatic heterocycles. The number of amides is 2. The third-order valence-corrected chi connectivity index (χ3v) is 3.39. The Morgan fingerprint density at radius 2 is 1.95 bits per heavy atom. The Balaban J connectivity index is 1.93. The molecule has 1 N–H and O–H groups in total.